The van der Waals surface area contributed by atoms with Gasteiger partial charge in [0.1, 0.15) is 0 Å². The summed E-state index contributed by atoms with van der Waals surface area (Å²) >= 11 is 0. The molecule has 1 aromatic carbocycles. The fourth-order valence-electron chi connectivity index (χ4n) is 2.14. The van der Waals surface area contributed by atoms with Crippen molar-refractivity contribution in [3.05, 3.63) is 23.8 Å². The van der Waals surface area contributed by atoms with Crippen molar-refractivity contribution in [2.75, 3.05) is 19.9 Å². The maximum Gasteiger partial charge on any atom is 0.231 e. The Labute approximate surface area is 107 Å². The standard InChI is InChI=1S/C14H19NO3/c1-14(4-5-14)8-15-7-11(16)10-2-3-12-13(6-10)18-9-17-12/h2-3,6,11,15-16H,4-5,7-9H2,1H3. The molecular weight excluding hydrogens is 230 g/mol. The molecule has 1 atom stereocenters. The Morgan fingerprint density at radius 3 is 2.89 bits per heavy atom. The van der Waals surface area contributed by atoms with E-state index in [1.54, 1.807) is 0 Å². The van der Waals surface area contributed by atoms with Crippen LogP contribution in [0, 0.1) is 5.41 Å². The molecule has 4 nitrogen and oxygen atoms in total. The zero-order valence-electron chi connectivity index (χ0n) is 10.6. The molecule has 4 heteroatoms. The van der Waals surface area contributed by atoms with Crippen LogP contribution >= 0.6 is 0 Å². The molecule has 2 aliphatic rings. The Morgan fingerprint density at radius 1 is 1.33 bits per heavy atom. The second-order valence-electron chi connectivity index (χ2n) is 5.57. The van der Waals surface area contributed by atoms with Crippen LogP contribution in [0.3, 0.4) is 0 Å². The fraction of sp³-hybridized carbons (Fsp3) is 0.571. The van der Waals surface area contributed by atoms with E-state index in [-0.39, 0.29) is 6.79 Å². The predicted molar refractivity (Wildman–Crippen MR) is 67.7 cm³/mol. The van der Waals surface area contributed by atoms with Crippen molar-refractivity contribution in [3.63, 3.8) is 0 Å². The van der Waals surface area contributed by atoms with Gasteiger partial charge in [-0.05, 0) is 36.0 Å². The first-order chi connectivity index (χ1) is 8.66. The number of benzene rings is 1. The van der Waals surface area contributed by atoms with Gasteiger partial charge in [0.2, 0.25) is 6.79 Å². The third-order valence-electron chi connectivity index (χ3n) is 3.77. The number of hydrogen-bond donors (Lipinski definition) is 2. The SMILES string of the molecule is CC1(CNCC(O)c2ccc3c(c2)OCO3)CC1. The van der Waals surface area contributed by atoms with Crippen molar-refractivity contribution in [1.82, 2.24) is 5.32 Å². The second kappa shape index (κ2) is 4.44. The van der Waals surface area contributed by atoms with Crippen LogP contribution in [-0.4, -0.2) is 25.0 Å². The van der Waals surface area contributed by atoms with E-state index in [0.29, 0.717) is 12.0 Å². The van der Waals surface area contributed by atoms with E-state index >= 15 is 0 Å². The third-order valence-corrected chi connectivity index (χ3v) is 3.77. The molecule has 0 spiro atoms. The van der Waals surface area contributed by atoms with Crippen LogP contribution in [-0.2, 0) is 0 Å². The van der Waals surface area contributed by atoms with E-state index < -0.39 is 6.10 Å². The molecule has 1 saturated carbocycles. The molecule has 1 aliphatic heterocycles. The number of fused-ring (bicyclic) bond motifs is 1. The van der Waals surface area contributed by atoms with Crippen LogP contribution in [0.4, 0.5) is 0 Å². The quantitative estimate of drug-likeness (QED) is 0.836. The minimum Gasteiger partial charge on any atom is -0.454 e. The number of ether oxygens (including phenoxy) is 2. The minimum atomic E-state index is -0.498. The van der Waals surface area contributed by atoms with Crippen molar-refractivity contribution < 1.29 is 14.6 Å². The van der Waals surface area contributed by atoms with Gasteiger partial charge in [0, 0.05) is 13.1 Å². The number of nitrogens with one attached hydrogen (secondary N) is 1. The lowest BCUT2D eigenvalue weighted by atomic mass is 10.1. The molecule has 1 aromatic rings. The molecule has 0 radical (unpaired) electrons. The maximum absolute atomic E-state index is 10.1. The lowest BCUT2D eigenvalue weighted by Gasteiger charge is -2.15. The summed E-state index contributed by atoms with van der Waals surface area (Å²) in [5.74, 6) is 1.48. The van der Waals surface area contributed by atoms with Crippen LogP contribution in [0.1, 0.15) is 31.4 Å². The van der Waals surface area contributed by atoms with Crippen molar-refractivity contribution in [1.29, 1.82) is 0 Å². The summed E-state index contributed by atoms with van der Waals surface area (Å²) in [6, 6.07) is 5.59. The van der Waals surface area contributed by atoms with E-state index in [1.165, 1.54) is 12.8 Å². The maximum atomic E-state index is 10.1. The highest BCUT2D eigenvalue weighted by molar-refractivity contribution is 5.45. The van der Waals surface area contributed by atoms with E-state index in [9.17, 15) is 5.11 Å². The Bertz CT molecular complexity index is 443. The van der Waals surface area contributed by atoms with Gasteiger partial charge in [-0.1, -0.05) is 13.0 Å². The topological polar surface area (TPSA) is 50.7 Å². The molecule has 3 rings (SSSR count). The van der Waals surface area contributed by atoms with Gasteiger partial charge < -0.3 is 19.9 Å². The zero-order chi connectivity index (χ0) is 12.6. The molecule has 0 amide bonds. The van der Waals surface area contributed by atoms with E-state index in [0.717, 1.165) is 23.6 Å². The molecule has 1 aliphatic carbocycles. The Kier molecular flexibility index (Phi) is 2.92. The van der Waals surface area contributed by atoms with Gasteiger partial charge in [-0.2, -0.15) is 0 Å². The van der Waals surface area contributed by atoms with E-state index in [4.69, 9.17) is 9.47 Å². The number of rotatable bonds is 5. The second-order valence-corrected chi connectivity index (χ2v) is 5.57. The molecule has 1 unspecified atom stereocenters. The van der Waals surface area contributed by atoms with Gasteiger partial charge in [0.15, 0.2) is 11.5 Å². The summed E-state index contributed by atoms with van der Waals surface area (Å²) in [4.78, 5) is 0. The lowest BCUT2D eigenvalue weighted by Crippen LogP contribution is -2.27. The Balaban J connectivity index is 1.56. The summed E-state index contributed by atoms with van der Waals surface area (Å²) in [7, 11) is 0. The fourth-order valence-corrected chi connectivity index (χ4v) is 2.14. The average molecular weight is 249 g/mol. The summed E-state index contributed by atoms with van der Waals surface area (Å²) in [5.41, 5.74) is 1.34. The van der Waals surface area contributed by atoms with Gasteiger partial charge in [-0.15, -0.1) is 0 Å². The van der Waals surface area contributed by atoms with Crippen molar-refractivity contribution in [2.45, 2.75) is 25.9 Å². The van der Waals surface area contributed by atoms with Crippen LogP contribution in [0.25, 0.3) is 0 Å². The molecule has 0 saturated heterocycles. The highest BCUT2D eigenvalue weighted by atomic mass is 16.7. The third kappa shape index (κ3) is 2.44. The van der Waals surface area contributed by atoms with Crippen LogP contribution < -0.4 is 14.8 Å². The zero-order valence-corrected chi connectivity index (χ0v) is 10.6. The van der Waals surface area contributed by atoms with Crippen molar-refractivity contribution >= 4 is 0 Å². The summed E-state index contributed by atoms with van der Waals surface area (Å²) in [6.07, 6.45) is 2.09. The van der Waals surface area contributed by atoms with Crippen LogP contribution in [0.15, 0.2) is 18.2 Å². The molecule has 1 heterocycles. The van der Waals surface area contributed by atoms with Crippen molar-refractivity contribution in [3.8, 4) is 11.5 Å². The van der Waals surface area contributed by atoms with Crippen LogP contribution in [0.2, 0.25) is 0 Å². The Hall–Kier alpha value is -1.26. The molecular formula is C14H19NO3. The smallest absolute Gasteiger partial charge is 0.231 e. The first kappa shape index (κ1) is 11.8. The van der Waals surface area contributed by atoms with Gasteiger partial charge >= 0.3 is 0 Å². The molecule has 2 N–H and O–H groups in total. The van der Waals surface area contributed by atoms with Gasteiger partial charge in [-0.25, -0.2) is 0 Å². The van der Waals surface area contributed by atoms with Gasteiger partial charge in [-0.3, -0.25) is 0 Å². The average Bonchev–Trinajstić information content (AvgIpc) is 2.93. The minimum absolute atomic E-state index is 0.269. The number of aliphatic hydroxyl groups is 1. The van der Waals surface area contributed by atoms with Crippen molar-refractivity contribution in [2.24, 2.45) is 5.41 Å². The van der Waals surface area contributed by atoms with E-state index in [2.05, 4.69) is 12.2 Å². The Morgan fingerprint density at radius 2 is 2.11 bits per heavy atom. The van der Waals surface area contributed by atoms with E-state index in [1.807, 2.05) is 18.2 Å². The number of hydrogen-bond acceptors (Lipinski definition) is 4. The van der Waals surface area contributed by atoms with Gasteiger partial charge in [0.25, 0.3) is 0 Å². The monoisotopic (exact) mass is 249 g/mol. The lowest BCUT2D eigenvalue weighted by molar-refractivity contribution is 0.169. The summed E-state index contributed by atoms with van der Waals surface area (Å²) in [6.45, 7) is 4.10. The largest absolute Gasteiger partial charge is 0.454 e. The summed E-state index contributed by atoms with van der Waals surface area (Å²) < 4.78 is 10.6. The highest BCUT2D eigenvalue weighted by Crippen LogP contribution is 2.44. The summed E-state index contributed by atoms with van der Waals surface area (Å²) in [5, 5.41) is 13.4. The molecule has 0 bridgehead atoms. The normalized spacial score (nSPS) is 20.8. The molecule has 0 aromatic heterocycles. The number of aliphatic hydroxyl groups excluding tert-OH is 1. The predicted octanol–water partition coefficient (Wildman–Crippen LogP) is 1.84. The van der Waals surface area contributed by atoms with Gasteiger partial charge in [0.05, 0.1) is 6.10 Å². The van der Waals surface area contributed by atoms with Crippen LogP contribution in [0.5, 0.6) is 11.5 Å². The first-order valence-electron chi connectivity index (χ1n) is 6.45. The first-order valence-corrected chi connectivity index (χ1v) is 6.45. The molecule has 98 valence electrons. The molecule has 1 fully saturated rings. The highest BCUT2D eigenvalue weighted by Gasteiger charge is 2.36. The molecule has 18 heavy (non-hydrogen) atoms.